The van der Waals surface area contributed by atoms with Crippen LogP contribution in [0.25, 0.3) is 4.96 Å². The van der Waals surface area contributed by atoms with E-state index in [9.17, 15) is 9.59 Å². The second-order valence-corrected chi connectivity index (χ2v) is 8.06. The van der Waals surface area contributed by atoms with Gasteiger partial charge in [0.2, 0.25) is 5.91 Å². The molecule has 1 aliphatic rings. The molecule has 26 heavy (non-hydrogen) atoms. The third-order valence-electron chi connectivity index (χ3n) is 4.37. The summed E-state index contributed by atoms with van der Waals surface area (Å²) in [7, 11) is 0. The zero-order chi connectivity index (χ0) is 17.6. The second kappa shape index (κ2) is 10.3. The van der Waals surface area contributed by atoms with E-state index in [0.29, 0.717) is 22.5 Å². The quantitative estimate of drug-likeness (QED) is 0.750. The molecule has 0 unspecified atom stereocenters. The van der Waals surface area contributed by atoms with Gasteiger partial charge in [0.25, 0.3) is 5.56 Å². The van der Waals surface area contributed by atoms with Crippen molar-refractivity contribution in [2.45, 2.75) is 38.0 Å². The fraction of sp³-hybridized carbons (Fsp3) is 0.588. The number of thiazole rings is 1. The first-order valence-corrected chi connectivity index (χ1v) is 10.8. The van der Waals surface area contributed by atoms with Gasteiger partial charge in [-0.2, -0.15) is 0 Å². The van der Waals surface area contributed by atoms with E-state index in [1.807, 2.05) is 5.38 Å². The number of piperidine rings is 1. The zero-order valence-corrected chi connectivity index (χ0v) is 17.3. The van der Waals surface area contributed by atoms with Crippen LogP contribution in [0.15, 0.2) is 22.4 Å². The lowest BCUT2D eigenvalue weighted by Gasteiger charge is -2.34. The molecule has 0 atom stereocenters. The highest BCUT2D eigenvalue weighted by atomic mass is 35.5. The number of rotatable bonds is 7. The number of nitrogens with one attached hydrogen (secondary N) is 1. The highest BCUT2D eigenvalue weighted by Gasteiger charge is 2.24. The number of carbonyl (C=O) groups is 1. The lowest BCUT2D eigenvalue weighted by atomic mass is 10.0. The summed E-state index contributed by atoms with van der Waals surface area (Å²) >= 11 is 2.99. The Morgan fingerprint density at radius 3 is 2.96 bits per heavy atom. The highest BCUT2D eigenvalue weighted by molar-refractivity contribution is 7.99. The minimum atomic E-state index is -0.0597. The summed E-state index contributed by atoms with van der Waals surface area (Å²) in [5, 5.41) is 5.20. The van der Waals surface area contributed by atoms with E-state index >= 15 is 0 Å². The first-order valence-electron chi connectivity index (χ1n) is 8.72. The SMILES string of the molecule is CCCN(C(=O)CSCc1cc(=O)n2ccsc2n1)C1CCNCC1.Cl. The third-order valence-corrected chi connectivity index (χ3v) is 6.07. The van der Waals surface area contributed by atoms with Crippen LogP contribution in [0.4, 0.5) is 0 Å². The molecule has 1 N–H and O–H groups in total. The minimum Gasteiger partial charge on any atom is -0.339 e. The molecule has 2 aromatic rings. The molecule has 1 amide bonds. The Labute approximate surface area is 167 Å². The van der Waals surface area contributed by atoms with Crippen molar-refractivity contribution in [2.24, 2.45) is 0 Å². The number of carbonyl (C=O) groups excluding carboxylic acids is 1. The van der Waals surface area contributed by atoms with Gasteiger partial charge in [-0.1, -0.05) is 6.92 Å². The summed E-state index contributed by atoms with van der Waals surface area (Å²) in [5.41, 5.74) is 0.685. The van der Waals surface area contributed by atoms with Crippen molar-refractivity contribution in [2.75, 3.05) is 25.4 Å². The van der Waals surface area contributed by atoms with Gasteiger partial charge in [-0.3, -0.25) is 14.0 Å². The molecular formula is C17H25ClN4O2S2. The van der Waals surface area contributed by atoms with E-state index in [2.05, 4.69) is 22.1 Å². The topological polar surface area (TPSA) is 66.7 Å². The maximum absolute atomic E-state index is 12.7. The van der Waals surface area contributed by atoms with Gasteiger partial charge in [0.1, 0.15) is 0 Å². The fourth-order valence-corrected chi connectivity index (χ4v) is 4.70. The Morgan fingerprint density at radius 1 is 1.46 bits per heavy atom. The molecule has 1 aliphatic heterocycles. The Morgan fingerprint density at radius 2 is 2.23 bits per heavy atom. The summed E-state index contributed by atoms with van der Waals surface area (Å²) in [5.74, 6) is 1.23. The van der Waals surface area contributed by atoms with Crippen LogP contribution < -0.4 is 10.9 Å². The zero-order valence-electron chi connectivity index (χ0n) is 14.8. The summed E-state index contributed by atoms with van der Waals surface area (Å²) in [6, 6.07) is 1.92. The molecule has 0 saturated carbocycles. The van der Waals surface area contributed by atoms with Gasteiger partial charge in [0.05, 0.1) is 11.4 Å². The lowest BCUT2D eigenvalue weighted by molar-refractivity contribution is -0.131. The van der Waals surface area contributed by atoms with E-state index < -0.39 is 0 Å². The van der Waals surface area contributed by atoms with Crippen LogP contribution in [0.3, 0.4) is 0 Å². The molecule has 1 fully saturated rings. The lowest BCUT2D eigenvalue weighted by Crippen LogP contribution is -2.47. The van der Waals surface area contributed by atoms with Crippen LogP contribution >= 0.6 is 35.5 Å². The molecule has 2 aromatic heterocycles. The molecule has 3 rings (SSSR count). The predicted octanol–water partition coefficient (Wildman–Crippen LogP) is 2.40. The Balaban J connectivity index is 0.00000243. The van der Waals surface area contributed by atoms with Crippen molar-refractivity contribution >= 4 is 46.4 Å². The van der Waals surface area contributed by atoms with Crippen LogP contribution in [0.2, 0.25) is 0 Å². The first kappa shape index (κ1) is 21.2. The Kier molecular flexibility index (Phi) is 8.40. The van der Waals surface area contributed by atoms with Crippen LogP contribution in [0.5, 0.6) is 0 Å². The molecule has 3 heterocycles. The van der Waals surface area contributed by atoms with E-state index in [-0.39, 0.29) is 23.9 Å². The largest absolute Gasteiger partial charge is 0.339 e. The molecule has 0 aliphatic carbocycles. The molecule has 0 aromatic carbocycles. The Hall–Kier alpha value is -1.09. The van der Waals surface area contributed by atoms with Gasteiger partial charge in [-0.05, 0) is 32.4 Å². The van der Waals surface area contributed by atoms with Crippen molar-refractivity contribution in [1.82, 2.24) is 19.6 Å². The highest BCUT2D eigenvalue weighted by Crippen LogP contribution is 2.17. The fourth-order valence-electron chi connectivity index (χ4n) is 3.16. The van der Waals surface area contributed by atoms with Crippen LogP contribution in [-0.4, -0.2) is 51.6 Å². The molecule has 0 spiro atoms. The van der Waals surface area contributed by atoms with Crippen molar-refractivity contribution < 1.29 is 4.79 Å². The molecule has 144 valence electrons. The van der Waals surface area contributed by atoms with Crippen molar-refractivity contribution in [1.29, 1.82) is 0 Å². The number of aromatic nitrogens is 2. The number of amides is 1. The van der Waals surface area contributed by atoms with Crippen molar-refractivity contribution in [3.63, 3.8) is 0 Å². The monoisotopic (exact) mass is 416 g/mol. The van der Waals surface area contributed by atoms with Gasteiger partial charge in [-0.15, -0.1) is 35.5 Å². The number of hydrogen-bond donors (Lipinski definition) is 1. The van der Waals surface area contributed by atoms with Gasteiger partial charge in [0.15, 0.2) is 4.96 Å². The van der Waals surface area contributed by atoms with E-state index in [4.69, 9.17) is 0 Å². The Bertz CT molecular complexity index is 773. The standard InChI is InChI=1S/C17H24N4O2S2.ClH/c1-2-7-20(14-3-5-18-6-4-14)16(23)12-24-11-13-10-15(22)21-8-9-25-17(21)19-13;/h8-10,14,18H,2-7,11-12H2,1H3;1H. The smallest absolute Gasteiger partial charge is 0.258 e. The number of hydrogen-bond acceptors (Lipinski definition) is 6. The average Bonchev–Trinajstić information content (AvgIpc) is 3.09. The van der Waals surface area contributed by atoms with Gasteiger partial charge in [0, 0.05) is 36.0 Å². The van der Waals surface area contributed by atoms with E-state index in [1.165, 1.54) is 23.1 Å². The van der Waals surface area contributed by atoms with Crippen LogP contribution in [0.1, 0.15) is 31.9 Å². The summed E-state index contributed by atoms with van der Waals surface area (Å²) in [6.45, 7) is 4.91. The molecular weight excluding hydrogens is 392 g/mol. The number of fused-ring (bicyclic) bond motifs is 1. The molecule has 1 saturated heterocycles. The van der Waals surface area contributed by atoms with Crippen molar-refractivity contribution in [3.8, 4) is 0 Å². The van der Waals surface area contributed by atoms with Gasteiger partial charge < -0.3 is 10.2 Å². The summed E-state index contributed by atoms with van der Waals surface area (Å²) < 4.78 is 1.55. The number of thioether (sulfide) groups is 1. The predicted molar refractivity (Wildman–Crippen MR) is 111 cm³/mol. The average molecular weight is 417 g/mol. The summed E-state index contributed by atoms with van der Waals surface area (Å²) in [4.78, 5) is 31.9. The second-order valence-electron chi connectivity index (χ2n) is 6.20. The number of halogens is 1. The minimum absolute atomic E-state index is 0. The van der Waals surface area contributed by atoms with Crippen molar-refractivity contribution in [3.05, 3.63) is 33.7 Å². The van der Waals surface area contributed by atoms with Gasteiger partial charge in [-0.25, -0.2) is 4.98 Å². The number of nitrogens with zero attached hydrogens (tertiary/aromatic N) is 3. The maximum Gasteiger partial charge on any atom is 0.258 e. The summed E-state index contributed by atoms with van der Waals surface area (Å²) in [6.07, 6.45) is 4.78. The first-order chi connectivity index (χ1) is 12.2. The third kappa shape index (κ3) is 5.22. The maximum atomic E-state index is 12.7. The molecule has 6 nitrogen and oxygen atoms in total. The normalized spacial score (nSPS) is 15.0. The van der Waals surface area contributed by atoms with E-state index in [0.717, 1.165) is 44.6 Å². The van der Waals surface area contributed by atoms with Crippen LogP contribution in [0, 0.1) is 0 Å². The van der Waals surface area contributed by atoms with Crippen LogP contribution in [-0.2, 0) is 10.5 Å². The molecule has 0 radical (unpaired) electrons. The van der Waals surface area contributed by atoms with E-state index in [1.54, 1.807) is 16.7 Å². The molecule has 0 bridgehead atoms. The molecule has 9 heteroatoms. The van der Waals surface area contributed by atoms with Gasteiger partial charge >= 0.3 is 0 Å².